The third-order valence-electron chi connectivity index (χ3n) is 4.35. The lowest BCUT2D eigenvalue weighted by Crippen LogP contribution is -2.35. The van der Waals surface area contributed by atoms with Crippen LogP contribution in [0.5, 0.6) is 0 Å². The van der Waals surface area contributed by atoms with Crippen LogP contribution in [0.25, 0.3) is 0 Å². The van der Waals surface area contributed by atoms with Crippen molar-refractivity contribution < 1.29 is 0 Å². The monoisotopic (exact) mass is 297 g/mol. The zero-order valence-electron chi connectivity index (χ0n) is 13.3. The summed E-state index contributed by atoms with van der Waals surface area (Å²) >= 11 is 0. The van der Waals surface area contributed by atoms with Crippen LogP contribution < -0.4 is 4.90 Å². The lowest BCUT2D eigenvalue weighted by Gasteiger charge is -2.25. The number of anilines is 1. The first-order chi connectivity index (χ1) is 10.7. The normalized spacial score (nSPS) is 18.5. The minimum absolute atomic E-state index is 0.528. The maximum atomic E-state index is 4.58. The van der Waals surface area contributed by atoms with Gasteiger partial charge in [0.15, 0.2) is 0 Å². The van der Waals surface area contributed by atoms with Gasteiger partial charge in [-0.25, -0.2) is 9.97 Å². The molecule has 0 spiro atoms. The highest BCUT2D eigenvalue weighted by atomic mass is 15.3. The third-order valence-corrected chi connectivity index (χ3v) is 4.35. The van der Waals surface area contributed by atoms with Crippen LogP contribution in [0, 0.1) is 6.92 Å². The largest absolute Gasteiger partial charge is 0.355 e. The van der Waals surface area contributed by atoms with E-state index in [4.69, 9.17) is 0 Å². The summed E-state index contributed by atoms with van der Waals surface area (Å²) < 4.78 is 0. The molecular formula is C17H23N5. The van der Waals surface area contributed by atoms with Gasteiger partial charge in [0.2, 0.25) is 0 Å². The molecule has 0 N–H and O–H groups in total. The number of pyridine rings is 1. The lowest BCUT2D eigenvalue weighted by atomic mass is 10.2. The second-order valence-electron chi connectivity index (χ2n) is 5.94. The Morgan fingerprint density at radius 1 is 1.32 bits per heavy atom. The van der Waals surface area contributed by atoms with Gasteiger partial charge in [-0.05, 0) is 31.5 Å². The van der Waals surface area contributed by atoms with E-state index in [1.54, 1.807) is 12.5 Å². The minimum Gasteiger partial charge on any atom is -0.355 e. The van der Waals surface area contributed by atoms with E-state index in [0.29, 0.717) is 6.04 Å². The van der Waals surface area contributed by atoms with Gasteiger partial charge in [-0.1, -0.05) is 6.07 Å². The van der Waals surface area contributed by atoms with E-state index in [2.05, 4.69) is 43.9 Å². The van der Waals surface area contributed by atoms with Crippen molar-refractivity contribution in [2.75, 3.05) is 31.6 Å². The summed E-state index contributed by atoms with van der Waals surface area (Å²) in [6.45, 7) is 5.36. The Labute approximate surface area is 132 Å². The van der Waals surface area contributed by atoms with E-state index in [1.807, 2.05) is 19.1 Å². The molecule has 0 aliphatic carbocycles. The van der Waals surface area contributed by atoms with Gasteiger partial charge < -0.3 is 9.80 Å². The van der Waals surface area contributed by atoms with E-state index in [1.165, 1.54) is 12.1 Å². The molecule has 1 unspecified atom stereocenters. The Bertz CT molecular complexity index is 601. The maximum absolute atomic E-state index is 4.58. The highest BCUT2D eigenvalue weighted by molar-refractivity contribution is 5.37. The summed E-state index contributed by atoms with van der Waals surface area (Å²) in [7, 11) is 2.12. The van der Waals surface area contributed by atoms with Crippen LogP contribution in [0.15, 0.2) is 36.8 Å². The fraction of sp³-hybridized carbons (Fsp3) is 0.471. The van der Waals surface area contributed by atoms with Gasteiger partial charge in [0.1, 0.15) is 12.1 Å². The molecule has 22 heavy (non-hydrogen) atoms. The van der Waals surface area contributed by atoms with Crippen LogP contribution in [0.3, 0.4) is 0 Å². The van der Waals surface area contributed by atoms with Crippen molar-refractivity contribution in [1.82, 2.24) is 19.9 Å². The second-order valence-corrected chi connectivity index (χ2v) is 5.94. The predicted molar refractivity (Wildman–Crippen MR) is 88.0 cm³/mol. The number of likely N-dealkylation sites (tertiary alicyclic amines) is 1. The molecule has 3 heterocycles. The van der Waals surface area contributed by atoms with E-state index >= 15 is 0 Å². The number of nitrogens with zero attached hydrogens (tertiary/aromatic N) is 5. The fourth-order valence-corrected chi connectivity index (χ4v) is 3.02. The molecule has 3 rings (SSSR count). The molecule has 0 saturated carbocycles. The lowest BCUT2D eigenvalue weighted by molar-refractivity contribution is 0.336. The van der Waals surface area contributed by atoms with Crippen molar-refractivity contribution in [3.05, 3.63) is 48.2 Å². The van der Waals surface area contributed by atoms with E-state index in [9.17, 15) is 0 Å². The fourth-order valence-electron chi connectivity index (χ4n) is 3.02. The maximum Gasteiger partial charge on any atom is 0.131 e. The summed E-state index contributed by atoms with van der Waals surface area (Å²) in [5, 5.41) is 0. The molecule has 1 aliphatic rings. The molecule has 0 bridgehead atoms. The number of aromatic nitrogens is 3. The molecule has 116 valence electrons. The quantitative estimate of drug-likeness (QED) is 0.844. The average molecular weight is 297 g/mol. The Balaban J connectivity index is 1.52. The SMILES string of the molecule is Cc1cccc(CCN2CCC(N(C)c3ccncn3)C2)n1. The summed E-state index contributed by atoms with van der Waals surface area (Å²) in [5.41, 5.74) is 2.29. The summed E-state index contributed by atoms with van der Waals surface area (Å²) in [6.07, 6.45) is 5.62. The molecule has 2 aromatic heterocycles. The zero-order valence-corrected chi connectivity index (χ0v) is 13.3. The van der Waals surface area contributed by atoms with Gasteiger partial charge in [0.25, 0.3) is 0 Å². The molecule has 1 fully saturated rings. The van der Waals surface area contributed by atoms with Gasteiger partial charge in [0.05, 0.1) is 0 Å². The van der Waals surface area contributed by atoms with Gasteiger partial charge in [0, 0.05) is 56.7 Å². The van der Waals surface area contributed by atoms with Crippen molar-refractivity contribution in [3.63, 3.8) is 0 Å². The Hall–Kier alpha value is -2.01. The topological polar surface area (TPSA) is 45.2 Å². The highest BCUT2D eigenvalue weighted by Gasteiger charge is 2.26. The van der Waals surface area contributed by atoms with Crippen molar-refractivity contribution in [1.29, 1.82) is 0 Å². The van der Waals surface area contributed by atoms with E-state index < -0.39 is 0 Å². The molecule has 0 radical (unpaired) electrons. The number of rotatable bonds is 5. The summed E-state index contributed by atoms with van der Waals surface area (Å²) in [4.78, 5) is 17.7. The van der Waals surface area contributed by atoms with Gasteiger partial charge >= 0.3 is 0 Å². The number of hydrogen-bond acceptors (Lipinski definition) is 5. The van der Waals surface area contributed by atoms with E-state index in [-0.39, 0.29) is 0 Å². The summed E-state index contributed by atoms with van der Waals surface area (Å²) in [5.74, 6) is 1.00. The second kappa shape index (κ2) is 6.83. The molecule has 5 nitrogen and oxygen atoms in total. The van der Waals surface area contributed by atoms with Crippen molar-refractivity contribution in [2.24, 2.45) is 0 Å². The van der Waals surface area contributed by atoms with E-state index in [0.717, 1.165) is 37.6 Å². The van der Waals surface area contributed by atoms with Crippen molar-refractivity contribution in [2.45, 2.75) is 25.8 Å². The predicted octanol–water partition coefficient (Wildman–Crippen LogP) is 1.93. The number of aryl methyl sites for hydroxylation is 1. The minimum atomic E-state index is 0.528. The standard InChI is InChI=1S/C17H23N5/c1-14-4-3-5-15(20-14)7-10-22-11-8-16(12-22)21(2)17-6-9-18-13-19-17/h3-6,9,13,16H,7-8,10-12H2,1-2H3. The van der Waals surface area contributed by atoms with Gasteiger partial charge in [-0.3, -0.25) is 4.98 Å². The third kappa shape index (κ3) is 3.60. The molecule has 0 aromatic carbocycles. The van der Waals surface area contributed by atoms with Crippen LogP contribution in [0.4, 0.5) is 5.82 Å². The first-order valence-electron chi connectivity index (χ1n) is 7.86. The molecule has 1 aliphatic heterocycles. The van der Waals surface area contributed by atoms with Crippen molar-refractivity contribution >= 4 is 5.82 Å². The smallest absolute Gasteiger partial charge is 0.131 e. The molecule has 0 amide bonds. The number of hydrogen-bond donors (Lipinski definition) is 0. The van der Waals surface area contributed by atoms with Crippen LogP contribution in [-0.2, 0) is 6.42 Å². The van der Waals surface area contributed by atoms with Crippen LogP contribution in [-0.4, -0.2) is 52.6 Å². The van der Waals surface area contributed by atoms with Gasteiger partial charge in [-0.2, -0.15) is 0 Å². The molecule has 2 aromatic rings. The first kappa shape index (κ1) is 14.9. The first-order valence-corrected chi connectivity index (χ1v) is 7.86. The Morgan fingerprint density at radius 2 is 2.23 bits per heavy atom. The van der Waals surface area contributed by atoms with Crippen LogP contribution >= 0.6 is 0 Å². The molecule has 1 saturated heterocycles. The molecule has 1 atom stereocenters. The van der Waals surface area contributed by atoms with Crippen LogP contribution in [0.2, 0.25) is 0 Å². The Morgan fingerprint density at radius 3 is 3.00 bits per heavy atom. The van der Waals surface area contributed by atoms with Gasteiger partial charge in [-0.15, -0.1) is 0 Å². The van der Waals surface area contributed by atoms with Crippen molar-refractivity contribution in [3.8, 4) is 0 Å². The molecular weight excluding hydrogens is 274 g/mol. The summed E-state index contributed by atoms with van der Waals surface area (Å²) in [6, 6.07) is 8.76. The Kier molecular flexibility index (Phi) is 4.63. The average Bonchev–Trinajstić information content (AvgIpc) is 3.02. The van der Waals surface area contributed by atoms with Crippen LogP contribution in [0.1, 0.15) is 17.8 Å². The zero-order chi connectivity index (χ0) is 15.4. The number of likely N-dealkylation sites (N-methyl/N-ethyl adjacent to an activating group) is 1. The highest BCUT2D eigenvalue weighted by Crippen LogP contribution is 2.19. The molecule has 5 heteroatoms.